The number of pyridine rings is 1. The van der Waals surface area contributed by atoms with Crippen LogP contribution in [0.25, 0.3) is 11.0 Å². The lowest BCUT2D eigenvalue weighted by Crippen LogP contribution is -2.33. The maximum absolute atomic E-state index is 11.8. The highest BCUT2D eigenvalue weighted by atomic mass is 16.5. The minimum atomic E-state index is -0.983. The summed E-state index contributed by atoms with van der Waals surface area (Å²) in [6.07, 6.45) is 1.11. The van der Waals surface area contributed by atoms with Crippen molar-refractivity contribution in [2.75, 3.05) is 26.8 Å². The van der Waals surface area contributed by atoms with Crippen molar-refractivity contribution < 1.29 is 24.1 Å². The summed E-state index contributed by atoms with van der Waals surface area (Å²) in [4.78, 5) is 24.1. The van der Waals surface area contributed by atoms with Crippen LogP contribution in [0.2, 0.25) is 0 Å². The van der Waals surface area contributed by atoms with E-state index in [9.17, 15) is 9.90 Å². The van der Waals surface area contributed by atoms with Gasteiger partial charge in [-0.2, -0.15) is 0 Å². The van der Waals surface area contributed by atoms with Crippen LogP contribution in [-0.4, -0.2) is 63.4 Å². The van der Waals surface area contributed by atoms with Gasteiger partial charge in [0.15, 0.2) is 0 Å². The molecule has 9 nitrogen and oxygen atoms in total. The van der Waals surface area contributed by atoms with Gasteiger partial charge >= 0.3 is 5.97 Å². The molecular weight excluding hydrogens is 520 g/mol. The summed E-state index contributed by atoms with van der Waals surface area (Å²) in [5.74, 6) is 2.67. The molecule has 7 rings (SSSR count). The quantitative estimate of drug-likeness (QED) is 0.302. The minimum Gasteiger partial charge on any atom is -0.494 e. The highest BCUT2D eigenvalue weighted by molar-refractivity contribution is 5.95. The van der Waals surface area contributed by atoms with Crippen LogP contribution in [0.15, 0.2) is 54.6 Å². The fourth-order valence-electron chi connectivity index (χ4n) is 6.40. The van der Waals surface area contributed by atoms with Crippen molar-refractivity contribution in [1.82, 2.24) is 19.4 Å². The van der Waals surface area contributed by atoms with E-state index in [0.717, 1.165) is 48.7 Å². The molecule has 9 heteroatoms. The Hall–Kier alpha value is -3.95. The lowest BCUT2D eigenvalue weighted by atomic mass is 10.1. The van der Waals surface area contributed by atoms with Gasteiger partial charge < -0.3 is 23.9 Å². The fourth-order valence-corrected chi connectivity index (χ4v) is 6.40. The van der Waals surface area contributed by atoms with Crippen molar-refractivity contribution in [3.8, 4) is 11.6 Å². The van der Waals surface area contributed by atoms with E-state index in [4.69, 9.17) is 24.2 Å². The molecule has 1 saturated carbocycles. The summed E-state index contributed by atoms with van der Waals surface area (Å²) < 4.78 is 19.4. The van der Waals surface area contributed by atoms with Crippen LogP contribution in [0, 0.1) is 18.8 Å². The first-order valence-corrected chi connectivity index (χ1v) is 14.3. The van der Waals surface area contributed by atoms with Gasteiger partial charge in [-0.3, -0.25) is 4.90 Å². The Kier molecular flexibility index (Phi) is 6.63. The van der Waals surface area contributed by atoms with Crippen molar-refractivity contribution in [3.63, 3.8) is 0 Å². The molecule has 4 heterocycles. The summed E-state index contributed by atoms with van der Waals surface area (Å²) >= 11 is 0. The zero-order chi connectivity index (χ0) is 28.1. The molecule has 1 N–H and O–H groups in total. The molecule has 0 amide bonds. The predicted octanol–water partition coefficient (Wildman–Crippen LogP) is 4.66. The second-order valence-electron chi connectivity index (χ2n) is 11.5. The van der Waals surface area contributed by atoms with E-state index in [2.05, 4.69) is 46.7 Å². The second-order valence-corrected chi connectivity index (χ2v) is 11.5. The molecule has 3 fully saturated rings. The second kappa shape index (κ2) is 10.5. The Bertz CT molecular complexity index is 1580. The lowest BCUT2D eigenvalue weighted by Gasteiger charge is -2.28. The normalized spacial score (nSPS) is 23.3. The van der Waals surface area contributed by atoms with Crippen LogP contribution >= 0.6 is 0 Å². The number of carboxylic acids is 1. The number of imidazole rings is 1. The maximum Gasteiger partial charge on any atom is 0.335 e. The van der Waals surface area contributed by atoms with Crippen LogP contribution in [0.4, 0.5) is 0 Å². The molecule has 0 spiro atoms. The smallest absolute Gasteiger partial charge is 0.335 e. The number of ether oxygens (including phenoxy) is 3. The molecule has 0 bridgehead atoms. The van der Waals surface area contributed by atoms with E-state index in [0.29, 0.717) is 54.6 Å². The third-order valence-corrected chi connectivity index (χ3v) is 8.77. The Morgan fingerprint density at radius 2 is 1.88 bits per heavy atom. The number of nitrogens with zero attached hydrogens (tertiary/aromatic N) is 4. The van der Waals surface area contributed by atoms with E-state index in [1.807, 2.05) is 12.1 Å². The Balaban J connectivity index is 1.05. The molecule has 2 aromatic carbocycles. The molecule has 1 aliphatic carbocycles. The van der Waals surface area contributed by atoms with Gasteiger partial charge in [0.05, 0.1) is 37.4 Å². The number of aromatic nitrogens is 3. The van der Waals surface area contributed by atoms with E-state index in [-0.39, 0.29) is 11.7 Å². The molecule has 0 unspecified atom stereocenters. The third-order valence-electron chi connectivity index (χ3n) is 8.77. The summed E-state index contributed by atoms with van der Waals surface area (Å²) in [6, 6.07) is 17.7. The Morgan fingerprint density at radius 3 is 2.56 bits per heavy atom. The highest BCUT2D eigenvalue weighted by Gasteiger charge is 2.57. The molecule has 4 atom stereocenters. The fraction of sp³-hybridized carbons (Fsp3) is 0.406. The number of rotatable bonds is 10. The summed E-state index contributed by atoms with van der Waals surface area (Å²) in [5.41, 5.74) is 5.15. The van der Waals surface area contributed by atoms with Crippen LogP contribution in [-0.2, 0) is 24.4 Å². The summed E-state index contributed by atoms with van der Waals surface area (Å²) in [5, 5.41) is 9.66. The van der Waals surface area contributed by atoms with Crippen LogP contribution in [0.3, 0.4) is 0 Å². The van der Waals surface area contributed by atoms with Gasteiger partial charge in [0.2, 0.25) is 5.88 Å². The molecule has 212 valence electrons. The number of hydrogen-bond donors (Lipinski definition) is 1. The minimum absolute atomic E-state index is 0.119. The summed E-state index contributed by atoms with van der Waals surface area (Å²) in [7, 11) is 1.55. The first kappa shape index (κ1) is 26.0. The average Bonchev–Trinajstić information content (AvgIpc) is 3.27. The number of methoxy groups -OCH3 is 1. The zero-order valence-corrected chi connectivity index (χ0v) is 23.3. The summed E-state index contributed by atoms with van der Waals surface area (Å²) in [6.45, 7) is 6.66. The van der Waals surface area contributed by atoms with Gasteiger partial charge in [-0.1, -0.05) is 35.9 Å². The monoisotopic (exact) mass is 554 g/mol. The molecule has 2 saturated heterocycles. The number of likely N-dealkylation sites (tertiary alicyclic amines) is 1. The van der Waals surface area contributed by atoms with Crippen LogP contribution in [0.1, 0.15) is 45.3 Å². The number of aromatic carboxylic acids is 1. The van der Waals surface area contributed by atoms with Gasteiger partial charge in [-0.05, 0) is 48.9 Å². The van der Waals surface area contributed by atoms with Crippen molar-refractivity contribution in [2.45, 2.75) is 45.1 Å². The van der Waals surface area contributed by atoms with Gasteiger partial charge in [0.1, 0.15) is 23.7 Å². The SMILES string of the molecule is COc1cc(C(=O)O)cc2c1nc(CN1C[C@@H]3[C@H](C1)[C@H]3c1cccc(OCc3ccc(C)cc3)n1)n2C[C@@H]1CCO1. The molecule has 0 radical (unpaired) electrons. The third kappa shape index (κ3) is 5.04. The first-order valence-electron chi connectivity index (χ1n) is 14.3. The van der Waals surface area contributed by atoms with Gasteiger partial charge in [-0.15, -0.1) is 0 Å². The lowest BCUT2D eigenvalue weighted by molar-refractivity contribution is -0.0591. The van der Waals surface area contributed by atoms with Crippen LogP contribution in [0.5, 0.6) is 11.6 Å². The van der Waals surface area contributed by atoms with Crippen molar-refractivity contribution in [1.29, 1.82) is 0 Å². The molecule has 2 aromatic heterocycles. The first-order chi connectivity index (χ1) is 20.0. The highest BCUT2D eigenvalue weighted by Crippen LogP contribution is 2.58. The standard InChI is InChI=1S/C32H34N4O5/c1-19-6-8-20(9-7-19)18-41-29-5-3-4-25(33-29)30-23-15-35(16-24(23)30)17-28-34-31-26(36(28)14-22-10-11-40-22)12-21(32(37)38)13-27(31)39-2/h3-9,12-13,22-24,30H,10-11,14-18H2,1-2H3,(H,37,38)/t22-,23-,24+,30+/m0/s1. The van der Waals surface area contributed by atoms with Gasteiger partial charge in [0.25, 0.3) is 0 Å². The number of fused-ring (bicyclic) bond motifs is 2. The average molecular weight is 555 g/mol. The Morgan fingerprint density at radius 1 is 1.10 bits per heavy atom. The predicted molar refractivity (Wildman–Crippen MR) is 152 cm³/mol. The van der Waals surface area contributed by atoms with Gasteiger partial charge in [-0.25, -0.2) is 14.8 Å². The van der Waals surface area contributed by atoms with Gasteiger partial charge in [0, 0.05) is 37.4 Å². The number of hydrogen-bond acceptors (Lipinski definition) is 7. The van der Waals surface area contributed by atoms with Crippen molar-refractivity contribution >= 4 is 17.0 Å². The molecule has 4 aromatic rings. The maximum atomic E-state index is 11.8. The number of aryl methyl sites for hydroxylation is 1. The van der Waals surface area contributed by atoms with E-state index in [1.165, 1.54) is 5.56 Å². The molecule has 2 aliphatic heterocycles. The van der Waals surface area contributed by atoms with E-state index >= 15 is 0 Å². The van der Waals surface area contributed by atoms with Crippen LogP contribution < -0.4 is 9.47 Å². The number of benzene rings is 2. The molecule has 41 heavy (non-hydrogen) atoms. The molecule has 3 aliphatic rings. The molecular formula is C32H34N4O5. The van der Waals surface area contributed by atoms with E-state index in [1.54, 1.807) is 19.2 Å². The number of carbonyl (C=O) groups is 1. The van der Waals surface area contributed by atoms with Crippen molar-refractivity contribution in [2.24, 2.45) is 11.8 Å². The number of piperidine rings is 1. The Labute approximate surface area is 238 Å². The topological polar surface area (TPSA) is 98.9 Å². The van der Waals surface area contributed by atoms with E-state index < -0.39 is 5.97 Å². The van der Waals surface area contributed by atoms with Crippen molar-refractivity contribution in [3.05, 3.63) is 82.8 Å². The zero-order valence-electron chi connectivity index (χ0n) is 23.3. The number of carboxylic acid groups (broad SMARTS) is 1. The largest absolute Gasteiger partial charge is 0.494 e.